The Balaban J connectivity index is 1.63. The van der Waals surface area contributed by atoms with E-state index in [0.29, 0.717) is 25.9 Å². The van der Waals surface area contributed by atoms with E-state index in [9.17, 15) is 14.4 Å². The zero-order chi connectivity index (χ0) is 14.3. The number of piperidine rings is 1. The van der Waals surface area contributed by atoms with Crippen LogP contribution in [0.5, 0.6) is 0 Å². The van der Waals surface area contributed by atoms with Crippen LogP contribution in [0.1, 0.15) is 38.5 Å². The average molecular weight is 279 g/mol. The molecule has 1 saturated carbocycles. The van der Waals surface area contributed by atoms with Crippen LogP contribution < -0.4 is 5.32 Å². The van der Waals surface area contributed by atoms with Gasteiger partial charge in [0.05, 0.1) is 0 Å². The highest BCUT2D eigenvalue weighted by Crippen LogP contribution is 2.32. The third kappa shape index (κ3) is 1.98. The van der Waals surface area contributed by atoms with Crippen molar-refractivity contribution in [2.45, 2.75) is 44.1 Å². The van der Waals surface area contributed by atoms with Gasteiger partial charge >= 0.3 is 6.03 Å². The van der Waals surface area contributed by atoms with E-state index in [1.54, 1.807) is 0 Å². The van der Waals surface area contributed by atoms with Gasteiger partial charge in [-0.25, -0.2) is 4.79 Å². The number of carbonyl (C=O) groups excluding carboxylic acids is 3. The molecule has 2 aliphatic heterocycles. The Labute approximate surface area is 118 Å². The minimum absolute atomic E-state index is 0.157. The van der Waals surface area contributed by atoms with Crippen molar-refractivity contribution in [2.75, 3.05) is 20.1 Å². The van der Waals surface area contributed by atoms with Gasteiger partial charge < -0.3 is 10.2 Å². The number of hydrogen-bond acceptors (Lipinski definition) is 3. The van der Waals surface area contributed by atoms with Gasteiger partial charge in [-0.2, -0.15) is 0 Å². The van der Waals surface area contributed by atoms with Crippen molar-refractivity contribution in [1.29, 1.82) is 0 Å². The van der Waals surface area contributed by atoms with Gasteiger partial charge in [0.25, 0.3) is 5.91 Å². The maximum absolute atomic E-state index is 12.4. The van der Waals surface area contributed by atoms with Gasteiger partial charge in [-0.05, 0) is 25.7 Å². The number of nitrogens with one attached hydrogen (secondary N) is 1. The molecule has 4 amide bonds. The van der Waals surface area contributed by atoms with Gasteiger partial charge in [0, 0.05) is 26.1 Å². The number of imide groups is 1. The fourth-order valence-corrected chi connectivity index (χ4v) is 3.63. The second-order valence-electron chi connectivity index (χ2n) is 6.18. The summed E-state index contributed by atoms with van der Waals surface area (Å²) in [6, 6.07) is -0.328. The van der Waals surface area contributed by atoms with Crippen molar-refractivity contribution in [2.24, 2.45) is 5.92 Å². The lowest BCUT2D eigenvalue weighted by atomic mass is 9.87. The van der Waals surface area contributed by atoms with Crippen molar-refractivity contribution in [3.05, 3.63) is 0 Å². The Bertz CT molecular complexity index is 449. The lowest BCUT2D eigenvalue weighted by molar-refractivity contribution is -0.140. The fourth-order valence-electron chi connectivity index (χ4n) is 3.63. The highest BCUT2D eigenvalue weighted by Gasteiger charge is 2.51. The van der Waals surface area contributed by atoms with Crippen molar-refractivity contribution in [3.8, 4) is 0 Å². The number of carbonyl (C=O) groups is 3. The first-order valence-corrected chi connectivity index (χ1v) is 7.43. The van der Waals surface area contributed by atoms with Gasteiger partial charge in [-0.3, -0.25) is 14.5 Å². The van der Waals surface area contributed by atoms with Crippen LogP contribution in [0.4, 0.5) is 4.79 Å². The Morgan fingerprint density at radius 1 is 1.20 bits per heavy atom. The van der Waals surface area contributed by atoms with Gasteiger partial charge in [-0.15, -0.1) is 0 Å². The average Bonchev–Trinajstić information content (AvgIpc) is 3.05. The zero-order valence-corrected chi connectivity index (χ0v) is 11.9. The van der Waals surface area contributed by atoms with E-state index in [0.717, 1.165) is 30.6 Å². The maximum atomic E-state index is 12.4. The van der Waals surface area contributed by atoms with Gasteiger partial charge in [-0.1, -0.05) is 12.8 Å². The number of amides is 4. The van der Waals surface area contributed by atoms with E-state index >= 15 is 0 Å². The largest absolute Gasteiger partial charge is 0.342 e. The molecule has 0 aromatic carbocycles. The topological polar surface area (TPSA) is 69.7 Å². The number of hydrogen-bond donors (Lipinski definition) is 1. The summed E-state index contributed by atoms with van der Waals surface area (Å²) in [5.74, 6) is 0.263. The fraction of sp³-hybridized carbons (Fsp3) is 0.786. The molecule has 0 radical (unpaired) electrons. The van der Waals surface area contributed by atoms with Crippen LogP contribution in [0.15, 0.2) is 0 Å². The van der Waals surface area contributed by atoms with Crippen molar-refractivity contribution in [3.63, 3.8) is 0 Å². The smallest absolute Gasteiger partial charge is 0.324 e. The molecule has 1 aliphatic carbocycles. The molecule has 0 atom stereocenters. The number of rotatable bonds is 1. The van der Waals surface area contributed by atoms with E-state index in [-0.39, 0.29) is 23.8 Å². The number of likely N-dealkylation sites (tertiary alicyclic amines) is 1. The van der Waals surface area contributed by atoms with Crippen LogP contribution >= 0.6 is 0 Å². The molecule has 2 heterocycles. The lowest BCUT2D eigenvalue weighted by Gasteiger charge is -2.38. The molecule has 110 valence electrons. The first-order chi connectivity index (χ1) is 9.53. The lowest BCUT2D eigenvalue weighted by Crippen LogP contribution is -2.56. The molecule has 0 bridgehead atoms. The van der Waals surface area contributed by atoms with Crippen LogP contribution in [-0.4, -0.2) is 53.3 Å². The first kappa shape index (κ1) is 13.4. The molecule has 6 heteroatoms. The first-order valence-electron chi connectivity index (χ1n) is 7.43. The molecule has 20 heavy (non-hydrogen) atoms. The normalized spacial score (nSPS) is 26.4. The molecule has 0 aromatic heterocycles. The third-order valence-corrected chi connectivity index (χ3v) is 5.00. The number of urea groups is 1. The van der Waals surface area contributed by atoms with Crippen molar-refractivity contribution < 1.29 is 14.4 Å². The third-order valence-electron chi connectivity index (χ3n) is 5.00. The summed E-state index contributed by atoms with van der Waals surface area (Å²) in [6.07, 6.45) is 5.35. The highest BCUT2D eigenvalue weighted by atomic mass is 16.2. The second kappa shape index (κ2) is 4.75. The molecule has 0 unspecified atom stereocenters. The van der Waals surface area contributed by atoms with Crippen molar-refractivity contribution >= 4 is 17.8 Å². The minimum atomic E-state index is -0.766. The molecule has 3 rings (SSSR count). The monoisotopic (exact) mass is 279 g/mol. The number of nitrogens with zero attached hydrogens (tertiary/aromatic N) is 2. The van der Waals surface area contributed by atoms with Crippen LogP contribution in [0, 0.1) is 5.92 Å². The Hall–Kier alpha value is -1.59. The zero-order valence-electron chi connectivity index (χ0n) is 11.9. The van der Waals surface area contributed by atoms with Crippen LogP contribution in [0.25, 0.3) is 0 Å². The predicted molar refractivity (Wildman–Crippen MR) is 71.8 cm³/mol. The van der Waals surface area contributed by atoms with Gasteiger partial charge in [0.2, 0.25) is 5.91 Å². The standard InChI is InChI=1S/C14H21N3O3/c1-16-12(19)14(15-13(16)20)6-8-17(9-7-14)11(18)10-4-2-3-5-10/h10H,2-9H2,1H3,(H,15,20). The number of likely N-dealkylation sites (N-methyl/N-ethyl adjacent to an activating group) is 1. The van der Waals surface area contributed by atoms with E-state index in [1.807, 2.05) is 4.90 Å². The van der Waals surface area contributed by atoms with Gasteiger partial charge in [0.1, 0.15) is 5.54 Å². The highest BCUT2D eigenvalue weighted by molar-refractivity contribution is 6.06. The molecule has 3 fully saturated rings. The summed E-state index contributed by atoms with van der Waals surface area (Å²) < 4.78 is 0. The Morgan fingerprint density at radius 3 is 2.30 bits per heavy atom. The molecular weight excluding hydrogens is 258 g/mol. The quantitative estimate of drug-likeness (QED) is 0.719. The van der Waals surface area contributed by atoms with Crippen LogP contribution in [0.2, 0.25) is 0 Å². The molecule has 1 spiro atoms. The Morgan fingerprint density at radius 2 is 1.80 bits per heavy atom. The molecule has 1 N–H and O–H groups in total. The Kier molecular flexibility index (Phi) is 3.18. The predicted octanol–water partition coefficient (Wildman–Crippen LogP) is 0.719. The van der Waals surface area contributed by atoms with E-state index in [2.05, 4.69) is 5.32 Å². The van der Waals surface area contributed by atoms with E-state index < -0.39 is 5.54 Å². The SMILES string of the molecule is CN1C(=O)NC2(CCN(C(=O)C3CCCC3)CC2)C1=O. The summed E-state index contributed by atoms with van der Waals surface area (Å²) in [5, 5.41) is 2.80. The molecular formula is C14H21N3O3. The van der Waals surface area contributed by atoms with Crippen molar-refractivity contribution in [1.82, 2.24) is 15.1 Å². The van der Waals surface area contributed by atoms with Gasteiger partial charge in [0.15, 0.2) is 0 Å². The molecule has 6 nitrogen and oxygen atoms in total. The van der Waals surface area contributed by atoms with Crippen LogP contribution in [0.3, 0.4) is 0 Å². The second-order valence-corrected chi connectivity index (χ2v) is 6.18. The summed E-state index contributed by atoms with van der Waals surface area (Å²) in [6.45, 7) is 1.13. The minimum Gasteiger partial charge on any atom is -0.342 e. The van der Waals surface area contributed by atoms with E-state index in [1.165, 1.54) is 7.05 Å². The maximum Gasteiger partial charge on any atom is 0.324 e. The summed E-state index contributed by atoms with van der Waals surface area (Å²) in [7, 11) is 1.50. The summed E-state index contributed by atoms with van der Waals surface area (Å²) >= 11 is 0. The van der Waals surface area contributed by atoms with E-state index in [4.69, 9.17) is 0 Å². The van der Waals surface area contributed by atoms with Crippen LogP contribution in [-0.2, 0) is 9.59 Å². The molecule has 2 saturated heterocycles. The summed E-state index contributed by atoms with van der Waals surface area (Å²) in [5.41, 5.74) is -0.766. The molecule has 0 aromatic rings. The molecule has 3 aliphatic rings. The summed E-state index contributed by atoms with van der Waals surface area (Å²) in [4.78, 5) is 39.1.